The van der Waals surface area contributed by atoms with Gasteiger partial charge in [-0.3, -0.25) is 4.98 Å². The van der Waals surface area contributed by atoms with Gasteiger partial charge in [0.25, 0.3) is 0 Å². The van der Waals surface area contributed by atoms with E-state index in [9.17, 15) is 0 Å². The number of nitrogens with zero attached hydrogens (tertiary/aromatic N) is 1. The molecule has 2 heteroatoms. The molecule has 1 atom stereocenters. The lowest BCUT2D eigenvalue weighted by Gasteiger charge is -2.14. The summed E-state index contributed by atoms with van der Waals surface area (Å²) in [6.45, 7) is 2.67. The van der Waals surface area contributed by atoms with Crippen molar-refractivity contribution < 1.29 is 0 Å². The molecule has 1 heterocycles. The van der Waals surface area contributed by atoms with Crippen LogP contribution in [0.3, 0.4) is 0 Å². The summed E-state index contributed by atoms with van der Waals surface area (Å²) < 4.78 is 0. The van der Waals surface area contributed by atoms with Crippen molar-refractivity contribution in [3.8, 4) is 0 Å². The Morgan fingerprint density at radius 1 is 1.12 bits per heavy atom. The van der Waals surface area contributed by atoms with Crippen molar-refractivity contribution in [3.05, 3.63) is 65.5 Å². The van der Waals surface area contributed by atoms with Crippen LogP contribution in [0.2, 0.25) is 0 Å². The molecular weight excluding hydrogens is 196 g/mol. The summed E-state index contributed by atoms with van der Waals surface area (Å²) in [7, 11) is 0. The Hall–Kier alpha value is -1.67. The molecule has 0 bridgehead atoms. The van der Waals surface area contributed by atoms with E-state index < -0.39 is 0 Å². The van der Waals surface area contributed by atoms with E-state index in [1.54, 1.807) is 0 Å². The number of nitrogens with two attached hydrogens (primary N) is 1. The monoisotopic (exact) mass is 212 g/mol. The van der Waals surface area contributed by atoms with Crippen LogP contribution in [-0.2, 0) is 0 Å². The number of rotatable bonds is 3. The maximum Gasteiger partial charge on any atom is 0.0491 e. The molecule has 1 aromatic heterocycles. The molecule has 0 fully saturated rings. The smallest absolute Gasteiger partial charge is 0.0491 e. The normalized spacial score (nSPS) is 12.4. The Labute approximate surface area is 96.1 Å². The van der Waals surface area contributed by atoms with Crippen molar-refractivity contribution in [2.24, 2.45) is 5.73 Å². The van der Waals surface area contributed by atoms with Gasteiger partial charge < -0.3 is 5.73 Å². The second kappa shape index (κ2) is 4.90. The van der Waals surface area contributed by atoms with E-state index in [-0.39, 0.29) is 5.92 Å². The van der Waals surface area contributed by atoms with E-state index in [0.29, 0.717) is 6.54 Å². The topological polar surface area (TPSA) is 38.9 Å². The van der Waals surface area contributed by atoms with Crippen molar-refractivity contribution in [3.63, 3.8) is 0 Å². The number of aromatic nitrogens is 1. The minimum absolute atomic E-state index is 0.196. The first-order valence-electron chi connectivity index (χ1n) is 5.49. The average Bonchev–Trinajstić information content (AvgIpc) is 2.34. The summed E-state index contributed by atoms with van der Waals surface area (Å²) in [5, 5.41) is 0. The third-order valence-electron chi connectivity index (χ3n) is 2.76. The molecule has 0 aliphatic carbocycles. The second-order valence-electron chi connectivity index (χ2n) is 3.95. The number of aryl methyl sites for hydroxylation is 1. The quantitative estimate of drug-likeness (QED) is 0.849. The molecular formula is C14H16N2. The third kappa shape index (κ3) is 2.28. The van der Waals surface area contributed by atoms with Crippen LogP contribution in [0.1, 0.15) is 22.7 Å². The third-order valence-corrected chi connectivity index (χ3v) is 2.76. The van der Waals surface area contributed by atoms with Gasteiger partial charge in [0, 0.05) is 24.4 Å². The van der Waals surface area contributed by atoms with Gasteiger partial charge in [0.1, 0.15) is 0 Å². The first-order valence-corrected chi connectivity index (χ1v) is 5.49. The zero-order chi connectivity index (χ0) is 11.4. The van der Waals surface area contributed by atoms with Crippen LogP contribution in [0, 0.1) is 6.92 Å². The summed E-state index contributed by atoms with van der Waals surface area (Å²) in [4.78, 5) is 4.37. The largest absolute Gasteiger partial charge is 0.329 e. The first kappa shape index (κ1) is 10.8. The number of pyridine rings is 1. The van der Waals surface area contributed by atoms with Crippen molar-refractivity contribution in [1.29, 1.82) is 0 Å². The lowest BCUT2D eigenvalue weighted by molar-refractivity contribution is 0.787. The highest BCUT2D eigenvalue weighted by molar-refractivity contribution is 5.31. The maximum atomic E-state index is 5.83. The molecule has 0 aliphatic heterocycles. The van der Waals surface area contributed by atoms with E-state index in [2.05, 4.69) is 36.2 Å². The van der Waals surface area contributed by atoms with Gasteiger partial charge >= 0.3 is 0 Å². The maximum absolute atomic E-state index is 5.83. The fourth-order valence-electron chi connectivity index (χ4n) is 1.81. The van der Waals surface area contributed by atoms with Gasteiger partial charge in [-0.15, -0.1) is 0 Å². The van der Waals surface area contributed by atoms with Crippen LogP contribution in [0.15, 0.2) is 48.7 Å². The lowest BCUT2D eigenvalue weighted by atomic mass is 9.94. The van der Waals surface area contributed by atoms with Crippen LogP contribution in [0.25, 0.3) is 0 Å². The number of hydrogen-bond donors (Lipinski definition) is 1. The van der Waals surface area contributed by atoms with Crippen LogP contribution in [-0.4, -0.2) is 11.5 Å². The molecule has 0 saturated carbocycles. The Balaban J connectivity index is 2.33. The molecule has 82 valence electrons. The predicted molar refractivity (Wildman–Crippen MR) is 66.3 cm³/mol. The van der Waals surface area contributed by atoms with Gasteiger partial charge in [-0.05, 0) is 24.6 Å². The predicted octanol–water partition coefficient (Wildman–Crippen LogP) is 2.48. The van der Waals surface area contributed by atoms with E-state index in [4.69, 9.17) is 5.73 Å². The van der Waals surface area contributed by atoms with Crippen LogP contribution < -0.4 is 5.73 Å². The van der Waals surface area contributed by atoms with E-state index in [0.717, 1.165) is 5.69 Å². The SMILES string of the molecule is Cc1ccc(C(CN)c2ccccn2)cc1. The highest BCUT2D eigenvalue weighted by atomic mass is 14.7. The van der Waals surface area contributed by atoms with Crippen LogP contribution in [0.4, 0.5) is 0 Å². The van der Waals surface area contributed by atoms with Crippen LogP contribution in [0.5, 0.6) is 0 Å². The van der Waals surface area contributed by atoms with Crippen molar-refractivity contribution >= 4 is 0 Å². The lowest BCUT2D eigenvalue weighted by Crippen LogP contribution is -2.14. The number of hydrogen-bond acceptors (Lipinski definition) is 2. The molecule has 0 saturated heterocycles. The zero-order valence-corrected chi connectivity index (χ0v) is 9.43. The molecule has 2 aromatic rings. The Morgan fingerprint density at radius 3 is 2.44 bits per heavy atom. The molecule has 0 amide bonds. The fourth-order valence-corrected chi connectivity index (χ4v) is 1.81. The van der Waals surface area contributed by atoms with Gasteiger partial charge in [0.05, 0.1) is 0 Å². The van der Waals surface area contributed by atoms with Crippen molar-refractivity contribution in [1.82, 2.24) is 4.98 Å². The Morgan fingerprint density at radius 2 is 1.88 bits per heavy atom. The summed E-state index contributed by atoms with van der Waals surface area (Å²) in [6.07, 6.45) is 1.81. The van der Waals surface area contributed by atoms with Crippen LogP contribution >= 0.6 is 0 Å². The van der Waals surface area contributed by atoms with Gasteiger partial charge in [0.15, 0.2) is 0 Å². The first-order chi connectivity index (χ1) is 7.81. The summed E-state index contributed by atoms with van der Waals surface area (Å²) in [5.74, 6) is 0.196. The molecule has 2 nitrogen and oxygen atoms in total. The molecule has 0 radical (unpaired) electrons. The molecule has 2 N–H and O–H groups in total. The molecule has 0 spiro atoms. The second-order valence-corrected chi connectivity index (χ2v) is 3.95. The Kier molecular flexibility index (Phi) is 3.32. The van der Waals surface area contributed by atoms with E-state index in [1.807, 2.05) is 24.4 Å². The fraction of sp³-hybridized carbons (Fsp3) is 0.214. The highest BCUT2D eigenvalue weighted by Gasteiger charge is 2.12. The number of benzene rings is 1. The minimum atomic E-state index is 0.196. The molecule has 16 heavy (non-hydrogen) atoms. The molecule has 1 unspecified atom stereocenters. The highest BCUT2D eigenvalue weighted by Crippen LogP contribution is 2.21. The van der Waals surface area contributed by atoms with Crippen molar-refractivity contribution in [2.45, 2.75) is 12.8 Å². The Bertz CT molecular complexity index is 434. The standard InChI is InChI=1S/C14H16N2/c1-11-5-7-12(8-6-11)13(10-15)14-4-2-3-9-16-14/h2-9,13H,10,15H2,1H3. The molecule has 2 rings (SSSR count). The summed E-state index contributed by atoms with van der Waals surface area (Å²) in [6, 6.07) is 14.4. The van der Waals surface area contributed by atoms with E-state index >= 15 is 0 Å². The zero-order valence-electron chi connectivity index (χ0n) is 9.43. The summed E-state index contributed by atoms with van der Waals surface area (Å²) in [5.41, 5.74) is 9.36. The van der Waals surface area contributed by atoms with Gasteiger partial charge in [-0.1, -0.05) is 35.9 Å². The van der Waals surface area contributed by atoms with Gasteiger partial charge in [-0.25, -0.2) is 0 Å². The minimum Gasteiger partial charge on any atom is -0.329 e. The molecule has 1 aromatic carbocycles. The van der Waals surface area contributed by atoms with Gasteiger partial charge in [-0.2, -0.15) is 0 Å². The molecule has 0 aliphatic rings. The van der Waals surface area contributed by atoms with Crippen molar-refractivity contribution in [2.75, 3.05) is 6.54 Å². The van der Waals surface area contributed by atoms with E-state index in [1.165, 1.54) is 11.1 Å². The van der Waals surface area contributed by atoms with Gasteiger partial charge in [0.2, 0.25) is 0 Å². The average molecular weight is 212 g/mol. The summed E-state index contributed by atoms with van der Waals surface area (Å²) >= 11 is 0.